The van der Waals surface area contributed by atoms with Crippen LogP contribution in [0.3, 0.4) is 0 Å². The van der Waals surface area contributed by atoms with Crippen molar-refractivity contribution in [3.05, 3.63) is 12.2 Å². The molecule has 2 heteroatoms. The highest BCUT2D eigenvalue weighted by Crippen LogP contribution is 2.42. The number of nitrogens with one attached hydrogen (secondary N) is 2. The second kappa shape index (κ2) is 4.50. The molecule has 0 spiro atoms. The van der Waals surface area contributed by atoms with E-state index in [4.69, 9.17) is 0 Å². The fourth-order valence-electron chi connectivity index (χ4n) is 4.01. The summed E-state index contributed by atoms with van der Waals surface area (Å²) >= 11 is 0. The molecule has 2 N–H and O–H groups in total. The molecule has 0 aromatic heterocycles. The summed E-state index contributed by atoms with van der Waals surface area (Å²) in [6.45, 7) is 10.8. The molecule has 0 unspecified atom stereocenters. The molecule has 0 aromatic carbocycles. The summed E-state index contributed by atoms with van der Waals surface area (Å²) in [6.07, 6.45) is 7.95. The average molecular weight is 222 g/mol. The number of quaternary nitrogens is 2. The highest BCUT2D eigenvalue weighted by atomic mass is 15.3. The number of rotatable bonds is 3. The zero-order chi connectivity index (χ0) is 11.0. The van der Waals surface area contributed by atoms with E-state index in [1.165, 1.54) is 52.1 Å². The molecule has 16 heavy (non-hydrogen) atoms. The van der Waals surface area contributed by atoms with Crippen LogP contribution in [0.1, 0.15) is 19.8 Å². The van der Waals surface area contributed by atoms with Gasteiger partial charge in [0.15, 0.2) is 0 Å². The molecule has 2 aliphatic carbocycles. The molecule has 3 rings (SSSR count). The van der Waals surface area contributed by atoms with Gasteiger partial charge in [0.1, 0.15) is 26.2 Å². The summed E-state index contributed by atoms with van der Waals surface area (Å²) in [4.78, 5) is 3.71. The Balaban J connectivity index is 1.48. The minimum absolute atomic E-state index is 0.953. The van der Waals surface area contributed by atoms with Gasteiger partial charge < -0.3 is 9.80 Å². The van der Waals surface area contributed by atoms with Crippen LogP contribution in [0.15, 0.2) is 12.2 Å². The van der Waals surface area contributed by atoms with Crippen LogP contribution in [0.4, 0.5) is 0 Å². The van der Waals surface area contributed by atoms with E-state index in [9.17, 15) is 0 Å². The first-order valence-corrected chi connectivity index (χ1v) is 7.20. The Hall–Kier alpha value is -0.340. The van der Waals surface area contributed by atoms with Gasteiger partial charge in [-0.15, -0.1) is 0 Å². The van der Waals surface area contributed by atoms with Gasteiger partial charge in [-0.25, -0.2) is 0 Å². The number of likely N-dealkylation sites (N-methyl/N-ethyl adjacent to an activating group) is 1. The lowest BCUT2D eigenvalue weighted by molar-refractivity contribution is -1.01. The first kappa shape index (κ1) is 10.8. The van der Waals surface area contributed by atoms with Crippen molar-refractivity contribution in [2.45, 2.75) is 19.8 Å². The third-order valence-corrected chi connectivity index (χ3v) is 5.13. The van der Waals surface area contributed by atoms with Gasteiger partial charge in [-0.3, -0.25) is 0 Å². The molecule has 0 aromatic rings. The highest BCUT2D eigenvalue weighted by Gasteiger charge is 2.38. The normalized spacial score (nSPS) is 46.4. The fourth-order valence-corrected chi connectivity index (χ4v) is 4.01. The predicted molar refractivity (Wildman–Crippen MR) is 65.6 cm³/mol. The monoisotopic (exact) mass is 222 g/mol. The number of hydrogen-bond donors (Lipinski definition) is 2. The van der Waals surface area contributed by atoms with E-state index in [1.54, 1.807) is 0 Å². The van der Waals surface area contributed by atoms with E-state index < -0.39 is 0 Å². The first-order valence-electron chi connectivity index (χ1n) is 7.20. The van der Waals surface area contributed by atoms with Crippen molar-refractivity contribution in [3.63, 3.8) is 0 Å². The number of hydrogen-bond acceptors (Lipinski definition) is 0. The Morgan fingerprint density at radius 1 is 1.00 bits per heavy atom. The predicted octanol–water partition coefficient (Wildman–Crippen LogP) is -0.998. The number of allylic oxidation sites excluding steroid dienone is 2. The lowest BCUT2D eigenvalue weighted by Crippen LogP contribution is -3.28. The van der Waals surface area contributed by atoms with Crippen molar-refractivity contribution in [3.8, 4) is 0 Å². The SMILES string of the molecule is CC[NH+]1CC[NH+](C[C@H]2C[C@H]3C=C[C@@H]2C3)CC1. The molecule has 1 aliphatic heterocycles. The smallest absolute Gasteiger partial charge is 0.127 e. The van der Waals surface area contributed by atoms with Crippen molar-refractivity contribution in [2.24, 2.45) is 17.8 Å². The molecule has 1 saturated carbocycles. The summed E-state index contributed by atoms with van der Waals surface area (Å²) in [7, 11) is 0. The minimum atomic E-state index is 0.953. The van der Waals surface area contributed by atoms with E-state index in [0.29, 0.717) is 0 Å². The van der Waals surface area contributed by atoms with Crippen LogP contribution in [0.2, 0.25) is 0 Å². The van der Waals surface area contributed by atoms with Gasteiger partial charge >= 0.3 is 0 Å². The molecular weight excluding hydrogens is 196 g/mol. The molecule has 3 atom stereocenters. The number of fused-ring (bicyclic) bond motifs is 2. The summed E-state index contributed by atoms with van der Waals surface area (Å²) < 4.78 is 0. The maximum absolute atomic E-state index is 2.51. The van der Waals surface area contributed by atoms with Crippen molar-refractivity contribution >= 4 is 0 Å². The molecule has 2 fully saturated rings. The van der Waals surface area contributed by atoms with Crippen LogP contribution >= 0.6 is 0 Å². The Labute approximate surface area is 99.3 Å². The maximum atomic E-state index is 2.51. The topological polar surface area (TPSA) is 8.88 Å². The van der Waals surface area contributed by atoms with E-state index in [2.05, 4.69) is 19.1 Å². The Morgan fingerprint density at radius 3 is 2.31 bits per heavy atom. The number of piperazine rings is 1. The lowest BCUT2D eigenvalue weighted by Gasteiger charge is -2.31. The third kappa shape index (κ3) is 2.05. The van der Waals surface area contributed by atoms with Crippen molar-refractivity contribution in [1.29, 1.82) is 0 Å². The van der Waals surface area contributed by atoms with Crippen LogP contribution < -0.4 is 9.80 Å². The maximum Gasteiger partial charge on any atom is 0.127 e. The van der Waals surface area contributed by atoms with Gasteiger partial charge in [0.25, 0.3) is 0 Å². The lowest BCUT2D eigenvalue weighted by atomic mass is 9.93. The van der Waals surface area contributed by atoms with Gasteiger partial charge in [-0.05, 0) is 31.6 Å². The molecule has 0 radical (unpaired) electrons. The molecule has 1 saturated heterocycles. The fraction of sp³-hybridized carbons (Fsp3) is 0.857. The first-order chi connectivity index (χ1) is 7.85. The molecule has 1 heterocycles. The van der Waals surface area contributed by atoms with Gasteiger partial charge in [0.05, 0.1) is 13.1 Å². The zero-order valence-corrected chi connectivity index (χ0v) is 10.5. The van der Waals surface area contributed by atoms with Gasteiger partial charge in [-0.1, -0.05) is 12.2 Å². The Kier molecular flexibility index (Phi) is 3.03. The van der Waals surface area contributed by atoms with E-state index >= 15 is 0 Å². The average Bonchev–Trinajstić information content (AvgIpc) is 2.92. The van der Waals surface area contributed by atoms with E-state index in [1.807, 2.05) is 9.80 Å². The standard InChI is InChI=1S/C14H24N2/c1-2-15-5-7-16(8-6-15)11-14-10-12-3-4-13(14)9-12/h3-4,12-14H,2,5-11H2,1H3/p+2/t12-,13+,14+/m0/s1. The minimum Gasteiger partial charge on any atom is -0.326 e. The van der Waals surface area contributed by atoms with Crippen LogP contribution in [-0.2, 0) is 0 Å². The van der Waals surface area contributed by atoms with Crippen molar-refractivity contribution in [2.75, 3.05) is 39.3 Å². The molecule has 3 aliphatic rings. The quantitative estimate of drug-likeness (QED) is 0.567. The van der Waals surface area contributed by atoms with Gasteiger partial charge in [0.2, 0.25) is 0 Å². The van der Waals surface area contributed by atoms with Crippen LogP contribution in [0.5, 0.6) is 0 Å². The molecule has 2 bridgehead atoms. The van der Waals surface area contributed by atoms with Crippen molar-refractivity contribution < 1.29 is 9.80 Å². The summed E-state index contributed by atoms with van der Waals surface area (Å²) in [6, 6.07) is 0. The van der Waals surface area contributed by atoms with Crippen LogP contribution in [0, 0.1) is 17.8 Å². The second-order valence-electron chi connectivity index (χ2n) is 6.10. The zero-order valence-electron chi connectivity index (χ0n) is 10.5. The third-order valence-electron chi connectivity index (χ3n) is 5.13. The molecule has 90 valence electrons. The second-order valence-corrected chi connectivity index (χ2v) is 6.10. The van der Waals surface area contributed by atoms with E-state index in [-0.39, 0.29) is 0 Å². The van der Waals surface area contributed by atoms with Crippen molar-refractivity contribution in [1.82, 2.24) is 0 Å². The molecular formula is C14H26N2+2. The Morgan fingerprint density at radius 2 is 1.75 bits per heavy atom. The van der Waals surface area contributed by atoms with Crippen LogP contribution in [0.25, 0.3) is 0 Å². The highest BCUT2D eigenvalue weighted by molar-refractivity contribution is 5.09. The Bertz CT molecular complexity index is 266. The molecule has 2 nitrogen and oxygen atoms in total. The summed E-state index contributed by atoms with van der Waals surface area (Å²) in [5.41, 5.74) is 0. The molecule has 0 amide bonds. The summed E-state index contributed by atoms with van der Waals surface area (Å²) in [5, 5.41) is 0. The summed E-state index contributed by atoms with van der Waals surface area (Å²) in [5.74, 6) is 2.93. The largest absolute Gasteiger partial charge is 0.326 e. The van der Waals surface area contributed by atoms with Gasteiger partial charge in [-0.2, -0.15) is 0 Å². The van der Waals surface area contributed by atoms with Gasteiger partial charge in [0, 0.05) is 5.92 Å². The van der Waals surface area contributed by atoms with E-state index in [0.717, 1.165) is 17.8 Å². The van der Waals surface area contributed by atoms with Crippen LogP contribution in [-0.4, -0.2) is 39.3 Å².